The molecule has 1 aromatic rings. The second-order valence-corrected chi connectivity index (χ2v) is 4.35. The molecule has 1 aromatic heterocycles. The summed E-state index contributed by atoms with van der Waals surface area (Å²) in [5.41, 5.74) is -0.0467. The van der Waals surface area contributed by atoms with Crippen LogP contribution in [-0.2, 0) is 0 Å². The summed E-state index contributed by atoms with van der Waals surface area (Å²) in [5.74, 6) is 0.659. The lowest BCUT2D eigenvalue weighted by atomic mass is 10.3. The van der Waals surface area contributed by atoms with Crippen molar-refractivity contribution in [2.45, 2.75) is 33.1 Å². The van der Waals surface area contributed by atoms with Crippen molar-refractivity contribution in [1.82, 2.24) is 9.97 Å². The summed E-state index contributed by atoms with van der Waals surface area (Å²) in [4.78, 5) is 20.7. The molecule has 0 aromatic carbocycles. The smallest absolute Gasteiger partial charge is 0.353 e. The zero-order chi connectivity index (χ0) is 14.3. The summed E-state index contributed by atoms with van der Waals surface area (Å²) in [6, 6.07) is 0. The first-order valence-corrected chi connectivity index (χ1v) is 6.56. The Hall–Kier alpha value is -1.92. The predicted molar refractivity (Wildman–Crippen MR) is 75.6 cm³/mol. The molecule has 1 heterocycles. The molecule has 1 rings (SSSR count). The molecule has 0 unspecified atom stereocenters. The molecule has 0 aliphatic heterocycles. The Labute approximate surface area is 113 Å². The fourth-order valence-corrected chi connectivity index (χ4v) is 1.69. The first kappa shape index (κ1) is 15.1. The molecule has 0 atom stereocenters. The van der Waals surface area contributed by atoms with Gasteiger partial charge in [0, 0.05) is 20.1 Å². The highest BCUT2D eigenvalue weighted by Crippen LogP contribution is 2.31. The average Bonchev–Trinajstić information content (AvgIpc) is 2.41. The van der Waals surface area contributed by atoms with Crippen LogP contribution in [0.1, 0.15) is 33.1 Å². The first-order chi connectivity index (χ1) is 9.11. The lowest BCUT2D eigenvalue weighted by Crippen LogP contribution is -2.21. The van der Waals surface area contributed by atoms with Crippen molar-refractivity contribution in [2.24, 2.45) is 0 Å². The number of nitrogens with zero attached hydrogens (tertiary/aromatic N) is 4. The molecule has 7 heteroatoms. The van der Waals surface area contributed by atoms with E-state index in [2.05, 4.69) is 22.2 Å². The van der Waals surface area contributed by atoms with Crippen LogP contribution in [-0.4, -0.2) is 35.0 Å². The first-order valence-electron chi connectivity index (χ1n) is 6.56. The zero-order valence-corrected chi connectivity index (χ0v) is 11.7. The number of hydrogen-bond donors (Lipinski definition) is 1. The molecule has 0 bridgehead atoms. The Morgan fingerprint density at radius 2 is 2.11 bits per heavy atom. The molecule has 0 aliphatic carbocycles. The van der Waals surface area contributed by atoms with Crippen molar-refractivity contribution < 1.29 is 4.92 Å². The second kappa shape index (κ2) is 7.50. The van der Waals surface area contributed by atoms with E-state index in [-0.39, 0.29) is 5.69 Å². The van der Waals surface area contributed by atoms with E-state index in [1.807, 2.05) is 14.0 Å². The maximum absolute atomic E-state index is 11.2. The molecule has 0 saturated carbocycles. The number of nitrogens with one attached hydrogen (secondary N) is 1. The molecular weight excluding hydrogens is 246 g/mol. The van der Waals surface area contributed by atoms with E-state index >= 15 is 0 Å². The van der Waals surface area contributed by atoms with Crippen LogP contribution in [0.3, 0.4) is 0 Å². The van der Waals surface area contributed by atoms with Gasteiger partial charge in [-0.3, -0.25) is 10.1 Å². The Morgan fingerprint density at radius 3 is 2.68 bits per heavy atom. The summed E-state index contributed by atoms with van der Waals surface area (Å²) in [6.45, 7) is 5.46. The molecular formula is C12H21N5O2. The van der Waals surface area contributed by atoms with E-state index in [4.69, 9.17) is 0 Å². The van der Waals surface area contributed by atoms with Gasteiger partial charge in [0.1, 0.15) is 6.33 Å². The summed E-state index contributed by atoms with van der Waals surface area (Å²) < 4.78 is 0. The molecule has 0 aliphatic rings. The van der Waals surface area contributed by atoms with Crippen molar-refractivity contribution in [3.05, 3.63) is 16.4 Å². The van der Waals surface area contributed by atoms with Gasteiger partial charge in [0.2, 0.25) is 11.6 Å². The summed E-state index contributed by atoms with van der Waals surface area (Å²) in [7, 11) is 1.81. The summed E-state index contributed by atoms with van der Waals surface area (Å²) in [5, 5.41) is 14.2. The van der Waals surface area contributed by atoms with Crippen molar-refractivity contribution in [3.63, 3.8) is 0 Å². The number of aromatic nitrogens is 2. The Morgan fingerprint density at radius 1 is 1.37 bits per heavy atom. The predicted octanol–water partition coefficient (Wildman–Crippen LogP) is 2.44. The maximum Gasteiger partial charge on any atom is 0.353 e. The van der Waals surface area contributed by atoms with Gasteiger partial charge in [-0.25, -0.2) is 9.97 Å². The largest absolute Gasteiger partial charge is 0.364 e. The Kier molecular flexibility index (Phi) is 5.98. The van der Waals surface area contributed by atoms with E-state index in [0.29, 0.717) is 18.2 Å². The second-order valence-electron chi connectivity index (χ2n) is 4.35. The summed E-state index contributed by atoms with van der Waals surface area (Å²) >= 11 is 0. The average molecular weight is 267 g/mol. The van der Waals surface area contributed by atoms with Crippen LogP contribution >= 0.6 is 0 Å². The third-order valence-electron chi connectivity index (χ3n) is 2.74. The molecule has 0 spiro atoms. The van der Waals surface area contributed by atoms with Crippen LogP contribution in [0.2, 0.25) is 0 Å². The molecule has 0 amide bonds. The van der Waals surface area contributed by atoms with Gasteiger partial charge in [0.15, 0.2) is 0 Å². The van der Waals surface area contributed by atoms with Gasteiger partial charge in [-0.1, -0.05) is 20.3 Å². The van der Waals surface area contributed by atoms with Crippen molar-refractivity contribution in [2.75, 3.05) is 30.4 Å². The fraction of sp³-hybridized carbons (Fsp3) is 0.667. The van der Waals surface area contributed by atoms with Crippen molar-refractivity contribution >= 4 is 17.3 Å². The zero-order valence-electron chi connectivity index (χ0n) is 11.7. The Bertz CT molecular complexity index is 425. The molecule has 19 heavy (non-hydrogen) atoms. The number of nitro groups is 1. The van der Waals surface area contributed by atoms with E-state index in [1.54, 1.807) is 4.90 Å². The number of rotatable bonds is 8. The molecule has 0 radical (unpaired) electrons. The van der Waals surface area contributed by atoms with Crippen LogP contribution in [0.25, 0.3) is 0 Å². The summed E-state index contributed by atoms with van der Waals surface area (Å²) in [6.07, 6.45) is 4.24. The van der Waals surface area contributed by atoms with Gasteiger partial charge in [-0.2, -0.15) is 0 Å². The van der Waals surface area contributed by atoms with Gasteiger partial charge in [0.25, 0.3) is 0 Å². The molecule has 1 N–H and O–H groups in total. The fourth-order valence-electron chi connectivity index (χ4n) is 1.69. The molecule has 0 saturated heterocycles. The SMILES string of the molecule is CCCCN(C)c1ncnc(NCCC)c1[N+](=O)[O-]. The minimum Gasteiger partial charge on any atom is -0.364 e. The minimum absolute atomic E-state index is 0.0467. The van der Waals surface area contributed by atoms with Gasteiger partial charge >= 0.3 is 5.69 Å². The molecule has 7 nitrogen and oxygen atoms in total. The highest BCUT2D eigenvalue weighted by molar-refractivity contribution is 5.69. The normalized spacial score (nSPS) is 10.3. The number of hydrogen-bond acceptors (Lipinski definition) is 6. The molecule has 106 valence electrons. The van der Waals surface area contributed by atoms with Crippen LogP contribution in [0.5, 0.6) is 0 Å². The van der Waals surface area contributed by atoms with Crippen LogP contribution < -0.4 is 10.2 Å². The number of anilines is 2. The van der Waals surface area contributed by atoms with Gasteiger partial charge in [0.05, 0.1) is 4.92 Å². The molecule has 0 fully saturated rings. The van der Waals surface area contributed by atoms with Crippen LogP contribution in [0.4, 0.5) is 17.3 Å². The van der Waals surface area contributed by atoms with Crippen molar-refractivity contribution in [3.8, 4) is 0 Å². The lowest BCUT2D eigenvalue weighted by molar-refractivity contribution is -0.383. The third-order valence-corrected chi connectivity index (χ3v) is 2.74. The highest BCUT2D eigenvalue weighted by atomic mass is 16.6. The lowest BCUT2D eigenvalue weighted by Gasteiger charge is -2.18. The monoisotopic (exact) mass is 267 g/mol. The van der Waals surface area contributed by atoms with Gasteiger partial charge in [-0.15, -0.1) is 0 Å². The quantitative estimate of drug-likeness (QED) is 0.575. The van der Waals surface area contributed by atoms with Crippen molar-refractivity contribution in [1.29, 1.82) is 0 Å². The maximum atomic E-state index is 11.2. The number of unbranched alkanes of at least 4 members (excludes halogenated alkanes) is 1. The minimum atomic E-state index is -0.421. The van der Waals surface area contributed by atoms with Crippen LogP contribution in [0, 0.1) is 10.1 Å². The van der Waals surface area contributed by atoms with E-state index in [9.17, 15) is 10.1 Å². The standard InChI is InChI=1S/C12H21N5O2/c1-4-6-8-16(3)12-10(17(18)19)11(13-7-5-2)14-9-15-12/h9H,4-8H2,1-3H3,(H,13,14,15). The Balaban J connectivity index is 3.05. The van der Waals surface area contributed by atoms with Crippen LogP contribution in [0.15, 0.2) is 6.33 Å². The van der Waals surface area contributed by atoms with E-state index < -0.39 is 4.92 Å². The van der Waals surface area contributed by atoms with E-state index in [0.717, 1.165) is 25.8 Å². The van der Waals surface area contributed by atoms with Gasteiger partial charge < -0.3 is 10.2 Å². The van der Waals surface area contributed by atoms with E-state index in [1.165, 1.54) is 6.33 Å². The van der Waals surface area contributed by atoms with Gasteiger partial charge in [-0.05, 0) is 12.8 Å². The highest BCUT2D eigenvalue weighted by Gasteiger charge is 2.24. The third kappa shape index (κ3) is 4.04. The topological polar surface area (TPSA) is 84.2 Å².